The Hall–Kier alpha value is -3.10. The van der Waals surface area contributed by atoms with E-state index in [9.17, 15) is 4.79 Å². The van der Waals surface area contributed by atoms with Gasteiger partial charge in [-0.05, 0) is 63.1 Å². The molecule has 6 rings (SSSR count). The number of hydrogen-bond acceptors (Lipinski definition) is 6. The molecule has 2 aliphatic carbocycles. The van der Waals surface area contributed by atoms with Crippen LogP contribution in [0.15, 0.2) is 46.0 Å². The fourth-order valence-electron chi connectivity index (χ4n) is 5.14. The maximum absolute atomic E-state index is 15.1. The van der Waals surface area contributed by atoms with Crippen molar-refractivity contribution >= 4 is 23.5 Å². The van der Waals surface area contributed by atoms with Crippen molar-refractivity contribution < 1.29 is 9.13 Å². The third-order valence-electron chi connectivity index (χ3n) is 7.28. The second kappa shape index (κ2) is 9.41. The van der Waals surface area contributed by atoms with Gasteiger partial charge in [-0.3, -0.25) is 14.2 Å². The van der Waals surface area contributed by atoms with E-state index in [0.29, 0.717) is 47.5 Å². The fourth-order valence-corrected chi connectivity index (χ4v) is 5.30. The van der Waals surface area contributed by atoms with Crippen LogP contribution in [-0.2, 0) is 17.6 Å². The molecule has 0 amide bonds. The highest BCUT2D eigenvalue weighted by atomic mass is 35.5. The predicted octanol–water partition coefficient (Wildman–Crippen LogP) is 4.38. The Morgan fingerprint density at radius 1 is 1.25 bits per heavy atom. The predicted molar refractivity (Wildman–Crippen MR) is 137 cm³/mol. The van der Waals surface area contributed by atoms with Gasteiger partial charge in [0.05, 0.1) is 23.5 Å². The normalized spacial score (nSPS) is 22.4. The average molecular weight is 508 g/mol. The van der Waals surface area contributed by atoms with E-state index in [2.05, 4.69) is 4.99 Å². The lowest BCUT2D eigenvalue weighted by Gasteiger charge is -2.30. The van der Waals surface area contributed by atoms with E-state index in [1.54, 1.807) is 28.9 Å². The molecule has 1 aliphatic heterocycles. The van der Waals surface area contributed by atoms with Crippen LogP contribution in [0.5, 0.6) is 0 Å². The van der Waals surface area contributed by atoms with E-state index in [0.717, 1.165) is 48.9 Å². The Bertz CT molecular complexity index is 1460. The number of benzene rings is 1. The summed E-state index contributed by atoms with van der Waals surface area (Å²) in [6, 6.07) is 4.87. The molecule has 0 radical (unpaired) electrons. The number of nitrogens with zero attached hydrogens (tertiary/aromatic N) is 4. The molecule has 3 heterocycles. The Morgan fingerprint density at radius 3 is 2.89 bits per heavy atom. The van der Waals surface area contributed by atoms with Crippen LogP contribution in [0.3, 0.4) is 0 Å². The molecule has 0 bridgehead atoms. The quantitative estimate of drug-likeness (QED) is 0.517. The van der Waals surface area contributed by atoms with Crippen molar-refractivity contribution in [1.82, 2.24) is 14.4 Å². The lowest BCUT2D eigenvalue weighted by Crippen LogP contribution is -2.29. The van der Waals surface area contributed by atoms with Crippen molar-refractivity contribution in [2.24, 2.45) is 10.7 Å². The molecule has 7 nitrogen and oxygen atoms in total. The van der Waals surface area contributed by atoms with Crippen LogP contribution < -0.4 is 11.3 Å². The van der Waals surface area contributed by atoms with Gasteiger partial charge < -0.3 is 10.5 Å². The van der Waals surface area contributed by atoms with Gasteiger partial charge in [0.1, 0.15) is 11.5 Å². The Labute approximate surface area is 212 Å². The molecule has 186 valence electrons. The summed E-state index contributed by atoms with van der Waals surface area (Å²) in [5.41, 5.74) is 9.87. The summed E-state index contributed by atoms with van der Waals surface area (Å²) in [7, 11) is 0. The molecule has 2 atom stereocenters. The molecule has 9 heteroatoms. The largest absolute Gasteiger partial charge is 0.404 e. The SMILES string of the molecule is N/C=C(\C=NC1CC1)C1CC(c2cn3c(=O)c4c(nc3c(-c3ccc(Cl)cc3F)n2)CCC4)CCO1. The third kappa shape index (κ3) is 4.33. The van der Waals surface area contributed by atoms with E-state index in [-0.39, 0.29) is 23.1 Å². The molecule has 0 spiro atoms. The van der Waals surface area contributed by atoms with E-state index >= 15 is 4.39 Å². The second-order valence-electron chi connectivity index (χ2n) is 9.78. The highest BCUT2D eigenvalue weighted by Crippen LogP contribution is 2.35. The molecule has 36 heavy (non-hydrogen) atoms. The topological polar surface area (TPSA) is 94.9 Å². The Morgan fingerprint density at radius 2 is 2.11 bits per heavy atom. The fraction of sp³-hybridized carbons (Fsp3) is 0.407. The van der Waals surface area contributed by atoms with E-state index in [1.165, 1.54) is 6.07 Å². The minimum absolute atomic E-state index is 0.00769. The van der Waals surface area contributed by atoms with Crippen LogP contribution in [0, 0.1) is 5.82 Å². The first kappa shape index (κ1) is 23.3. The van der Waals surface area contributed by atoms with Crippen molar-refractivity contribution in [3.63, 3.8) is 0 Å². The van der Waals surface area contributed by atoms with Gasteiger partial charge in [-0.15, -0.1) is 0 Å². The van der Waals surface area contributed by atoms with E-state index in [4.69, 9.17) is 32.0 Å². The Balaban J connectivity index is 1.45. The molecular formula is C27H27ClFN5O2. The van der Waals surface area contributed by atoms with Gasteiger partial charge >= 0.3 is 0 Å². The average Bonchev–Trinajstić information content (AvgIpc) is 3.59. The first-order valence-electron chi connectivity index (χ1n) is 12.5. The molecule has 3 aliphatic rings. The molecule has 1 saturated heterocycles. The number of hydrogen-bond donors (Lipinski definition) is 1. The summed E-state index contributed by atoms with van der Waals surface area (Å²) >= 11 is 6.01. The number of fused-ring (bicyclic) bond motifs is 2. The van der Waals surface area contributed by atoms with Crippen LogP contribution in [-0.4, -0.2) is 39.3 Å². The maximum Gasteiger partial charge on any atom is 0.261 e. The van der Waals surface area contributed by atoms with Crippen LogP contribution in [0.2, 0.25) is 5.02 Å². The molecule has 3 aromatic rings. The molecule has 2 unspecified atom stereocenters. The smallest absolute Gasteiger partial charge is 0.261 e. The van der Waals surface area contributed by atoms with Crippen molar-refractivity contribution in [3.8, 4) is 11.3 Å². The van der Waals surface area contributed by atoms with Crippen LogP contribution >= 0.6 is 11.6 Å². The van der Waals surface area contributed by atoms with E-state index in [1.807, 2.05) is 6.21 Å². The lowest BCUT2D eigenvalue weighted by molar-refractivity contribution is 0.0320. The number of rotatable bonds is 5. The number of aromatic nitrogens is 3. The van der Waals surface area contributed by atoms with Crippen molar-refractivity contribution in [3.05, 3.63) is 74.3 Å². The van der Waals surface area contributed by atoms with Crippen LogP contribution in [0.4, 0.5) is 4.39 Å². The second-order valence-corrected chi connectivity index (χ2v) is 10.2. The zero-order chi connectivity index (χ0) is 24.8. The molecule has 2 N–H and O–H groups in total. The lowest BCUT2D eigenvalue weighted by atomic mass is 9.89. The van der Waals surface area contributed by atoms with Gasteiger partial charge in [0.15, 0.2) is 5.65 Å². The molecule has 1 aromatic carbocycles. The van der Waals surface area contributed by atoms with Crippen LogP contribution in [0.1, 0.15) is 55.0 Å². The third-order valence-corrected chi connectivity index (χ3v) is 7.52. The number of aliphatic imine (C=N–C) groups is 1. The van der Waals surface area contributed by atoms with Gasteiger partial charge in [0.2, 0.25) is 0 Å². The first-order chi connectivity index (χ1) is 17.5. The first-order valence-corrected chi connectivity index (χ1v) is 12.9. The summed E-state index contributed by atoms with van der Waals surface area (Å²) < 4.78 is 22.7. The highest BCUT2D eigenvalue weighted by Gasteiger charge is 2.30. The molecular weight excluding hydrogens is 481 g/mol. The Kier molecular flexibility index (Phi) is 6.09. The standard InChI is InChI=1S/C27H27ClFN5O2/c28-17-4-7-19(21(29)11-17)25-26-33-22-3-1-2-20(22)27(35)34(26)14-23(32-25)15-8-9-36-24(10-15)16(12-30)13-31-18-5-6-18/h4,7,11-15,18,24H,1-3,5-6,8-10,30H2/b16-12+,31-13?. The summed E-state index contributed by atoms with van der Waals surface area (Å²) in [6.07, 6.45) is 10.8. The molecule has 1 saturated carbocycles. The van der Waals surface area contributed by atoms with Gasteiger partial charge in [-0.1, -0.05) is 11.6 Å². The number of ether oxygens (including phenoxy) is 1. The summed E-state index contributed by atoms with van der Waals surface area (Å²) in [4.78, 5) is 27.7. The summed E-state index contributed by atoms with van der Waals surface area (Å²) in [6.45, 7) is 0.519. The minimum atomic E-state index is -0.502. The highest BCUT2D eigenvalue weighted by molar-refractivity contribution is 6.30. The van der Waals surface area contributed by atoms with Crippen molar-refractivity contribution in [1.29, 1.82) is 0 Å². The summed E-state index contributed by atoms with van der Waals surface area (Å²) in [5, 5.41) is 0.295. The van der Waals surface area contributed by atoms with E-state index < -0.39 is 5.82 Å². The molecule has 2 fully saturated rings. The number of aryl methyl sites for hydroxylation is 1. The zero-order valence-corrected chi connectivity index (χ0v) is 20.5. The minimum Gasteiger partial charge on any atom is -0.404 e. The van der Waals surface area contributed by atoms with Gasteiger partial charge in [-0.25, -0.2) is 14.4 Å². The van der Waals surface area contributed by atoms with Gasteiger partial charge in [0, 0.05) is 52.9 Å². The van der Waals surface area contributed by atoms with Crippen molar-refractivity contribution in [2.45, 2.75) is 63.0 Å². The van der Waals surface area contributed by atoms with Crippen LogP contribution in [0.25, 0.3) is 16.9 Å². The van der Waals surface area contributed by atoms with Gasteiger partial charge in [0.25, 0.3) is 5.56 Å². The zero-order valence-electron chi connectivity index (χ0n) is 19.8. The van der Waals surface area contributed by atoms with Gasteiger partial charge in [-0.2, -0.15) is 0 Å². The van der Waals surface area contributed by atoms with Crippen molar-refractivity contribution in [2.75, 3.05) is 6.61 Å². The number of halogens is 2. The number of nitrogens with two attached hydrogens (primary N) is 1. The molecule has 2 aromatic heterocycles. The summed E-state index contributed by atoms with van der Waals surface area (Å²) in [5.74, 6) is -0.509. The maximum atomic E-state index is 15.1. The monoisotopic (exact) mass is 507 g/mol.